The summed E-state index contributed by atoms with van der Waals surface area (Å²) in [6.45, 7) is -0.599. The maximum absolute atomic E-state index is 13.7. The lowest BCUT2D eigenvalue weighted by Crippen LogP contribution is -2.53. The van der Waals surface area contributed by atoms with E-state index in [9.17, 15) is 19.2 Å². The second kappa shape index (κ2) is 8.36. The summed E-state index contributed by atoms with van der Waals surface area (Å²) in [5.41, 5.74) is 2.40. The molecular weight excluding hydrogens is 436 g/mol. The molecule has 0 radical (unpaired) electrons. The third-order valence-corrected chi connectivity index (χ3v) is 5.78. The highest BCUT2D eigenvalue weighted by Crippen LogP contribution is 2.35. The molecule has 2 heterocycles. The number of hydrogen-bond donors (Lipinski definition) is 2. The topological polar surface area (TPSA) is 108 Å². The first-order valence-electron chi connectivity index (χ1n) is 10.6. The third kappa shape index (κ3) is 3.43. The van der Waals surface area contributed by atoms with Crippen LogP contribution in [0, 0.1) is 0 Å². The quantitative estimate of drug-likeness (QED) is 0.571. The minimum atomic E-state index is -1.51. The van der Waals surface area contributed by atoms with Crippen molar-refractivity contribution in [3.05, 3.63) is 96.1 Å². The summed E-state index contributed by atoms with van der Waals surface area (Å²) in [6, 6.07) is 23.7. The molecule has 5 amide bonds. The molecular formula is C25H20N4O5. The number of amides is 5. The monoisotopic (exact) mass is 456 g/mol. The van der Waals surface area contributed by atoms with E-state index >= 15 is 0 Å². The van der Waals surface area contributed by atoms with Crippen LogP contribution >= 0.6 is 0 Å². The predicted octanol–water partition coefficient (Wildman–Crippen LogP) is 1.94. The van der Waals surface area contributed by atoms with Crippen molar-refractivity contribution in [1.82, 2.24) is 15.8 Å². The van der Waals surface area contributed by atoms with Crippen molar-refractivity contribution in [1.29, 1.82) is 0 Å². The largest absolute Gasteiger partial charge is 0.482 e. The van der Waals surface area contributed by atoms with E-state index in [1.165, 1.54) is 4.90 Å². The SMILES string of the molecule is O=C(CN1C(=O)COc2ccccc21)NN1C(=O)NC(c2ccccc2)(c2ccccc2)C1=O. The van der Waals surface area contributed by atoms with Crippen LogP contribution in [0.5, 0.6) is 5.75 Å². The van der Waals surface area contributed by atoms with Crippen LogP contribution in [-0.2, 0) is 19.9 Å². The highest BCUT2D eigenvalue weighted by Gasteiger charge is 2.54. The van der Waals surface area contributed by atoms with Gasteiger partial charge in [-0.25, -0.2) is 4.79 Å². The summed E-state index contributed by atoms with van der Waals surface area (Å²) in [5, 5.41) is 3.42. The lowest BCUT2D eigenvalue weighted by molar-refractivity contribution is -0.138. The number of para-hydroxylation sites is 2. The van der Waals surface area contributed by atoms with E-state index in [0.717, 1.165) is 0 Å². The Hall–Kier alpha value is -4.66. The molecule has 2 aliphatic heterocycles. The van der Waals surface area contributed by atoms with Crippen LogP contribution in [0.25, 0.3) is 0 Å². The zero-order chi connectivity index (χ0) is 23.7. The first-order chi connectivity index (χ1) is 16.5. The molecule has 3 aromatic rings. The number of rotatable bonds is 5. The number of imide groups is 1. The fraction of sp³-hybridized carbons (Fsp3) is 0.120. The molecule has 0 atom stereocenters. The minimum absolute atomic E-state index is 0.210. The van der Waals surface area contributed by atoms with Gasteiger partial charge in [0.1, 0.15) is 12.3 Å². The van der Waals surface area contributed by atoms with Crippen LogP contribution < -0.4 is 20.4 Å². The molecule has 1 saturated heterocycles. The molecule has 0 unspecified atom stereocenters. The number of nitrogens with one attached hydrogen (secondary N) is 2. The number of fused-ring (bicyclic) bond motifs is 1. The van der Waals surface area contributed by atoms with Gasteiger partial charge >= 0.3 is 6.03 Å². The first-order valence-corrected chi connectivity index (χ1v) is 10.6. The summed E-state index contributed by atoms with van der Waals surface area (Å²) >= 11 is 0. The molecule has 9 nitrogen and oxygen atoms in total. The zero-order valence-electron chi connectivity index (χ0n) is 17.9. The second-order valence-corrected chi connectivity index (χ2v) is 7.82. The molecule has 2 aliphatic rings. The Bertz CT molecular complexity index is 1240. The summed E-state index contributed by atoms with van der Waals surface area (Å²) in [6.07, 6.45) is 0. The molecule has 3 aromatic carbocycles. The molecule has 9 heteroatoms. The Balaban J connectivity index is 1.42. The second-order valence-electron chi connectivity index (χ2n) is 7.82. The van der Waals surface area contributed by atoms with Crippen LogP contribution in [-0.4, -0.2) is 41.9 Å². The van der Waals surface area contributed by atoms with Crippen LogP contribution in [0.1, 0.15) is 11.1 Å². The number of anilines is 1. The number of nitrogens with zero attached hydrogens (tertiary/aromatic N) is 2. The number of benzene rings is 3. The van der Waals surface area contributed by atoms with Gasteiger partial charge in [-0.15, -0.1) is 0 Å². The average Bonchev–Trinajstić information content (AvgIpc) is 3.12. The summed E-state index contributed by atoms with van der Waals surface area (Å²) < 4.78 is 5.39. The lowest BCUT2D eigenvalue weighted by atomic mass is 9.83. The number of hydrazine groups is 1. The van der Waals surface area contributed by atoms with E-state index in [0.29, 0.717) is 27.6 Å². The number of carbonyl (C=O) groups is 4. The Kier molecular flexibility index (Phi) is 5.21. The molecule has 34 heavy (non-hydrogen) atoms. The van der Waals surface area contributed by atoms with Crippen LogP contribution in [0.15, 0.2) is 84.9 Å². The smallest absolute Gasteiger partial charge is 0.344 e. The van der Waals surface area contributed by atoms with Gasteiger partial charge in [0, 0.05) is 0 Å². The van der Waals surface area contributed by atoms with Gasteiger partial charge in [0.2, 0.25) is 0 Å². The Morgan fingerprint density at radius 2 is 1.47 bits per heavy atom. The van der Waals surface area contributed by atoms with Crippen molar-refractivity contribution in [2.45, 2.75) is 5.54 Å². The van der Waals surface area contributed by atoms with Gasteiger partial charge in [-0.1, -0.05) is 72.8 Å². The molecule has 0 saturated carbocycles. The van der Waals surface area contributed by atoms with Crippen LogP contribution in [0.2, 0.25) is 0 Å². The summed E-state index contributed by atoms with van der Waals surface area (Å²) in [5.74, 6) is -1.30. The zero-order valence-corrected chi connectivity index (χ0v) is 17.9. The van der Waals surface area contributed by atoms with E-state index in [-0.39, 0.29) is 13.2 Å². The molecule has 0 aromatic heterocycles. The van der Waals surface area contributed by atoms with Crippen molar-refractivity contribution in [2.75, 3.05) is 18.1 Å². The van der Waals surface area contributed by atoms with Gasteiger partial charge in [0.15, 0.2) is 12.1 Å². The van der Waals surface area contributed by atoms with Crippen LogP contribution in [0.3, 0.4) is 0 Å². The number of hydrogen-bond acceptors (Lipinski definition) is 5. The highest BCUT2D eigenvalue weighted by atomic mass is 16.5. The van der Waals surface area contributed by atoms with Crippen molar-refractivity contribution < 1.29 is 23.9 Å². The van der Waals surface area contributed by atoms with Gasteiger partial charge in [0.05, 0.1) is 5.69 Å². The van der Waals surface area contributed by atoms with Crippen molar-refractivity contribution in [2.24, 2.45) is 0 Å². The summed E-state index contributed by atoms with van der Waals surface area (Å²) in [7, 11) is 0. The molecule has 5 rings (SSSR count). The van der Waals surface area contributed by atoms with E-state index in [2.05, 4.69) is 10.7 Å². The molecule has 2 N–H and O–H groups in total. The maximum Gasteiger partial charge on any atom is 0.344 e. The van der Waals surface area contributed by atoms with E-state index < -0.39 is 29.3 Å². The van der Waals surface area contributed by atoms with Crippen molar-refractivity contribution in [3.8, 4) is 5.75 Å². The fourth-order valence-corrected chi connectivity index (χ4v) is 4.20. The highest BCUT2D eigenvalue weighted by molar-refractivity contribution is 6.11. The molecule has 0 aliphatic carbocycles. The molecule has 1 fully saturated rings. The van der Waals surface area contributed by atoms with Crippen molar-refractivity contribution >= 4 is 29.4 Å². The Morgan fingerprint density at radius 1 is 0.882 bits per heavy atom. The minimum Gasteiger partial charge on any atom is -0.482 e. The van der Waals surface area contributed by atoms with Crippen molar-refractivity contribution in [3.63, 3.8) is 0 Å². The average molecular weight is 456 g/mol. The van der Waals surface area contributed by atoms with Gasteiger partial charge in [-0.05, 0) is 23.3 Å². The fourth-order valence-electron chi connectivity index (χ4n) is 4.20. The number of ether oxygens (including phenoxy) is 1. The Labute approximate surface area is 194 Å². The van der Waals surface area contributed by atoms with Gasteiger partial charge < -0.3 is 10.1 Å². The molecule has 0 spiro atoms. The van der Waals surface area contributed by atoms with Gasteiger partial charge in [-0.3, -0.25) is 24.7 Å². The van der Waals surface area contributed by atoms with Gasteiger partial charge in [0.25, 0.3) is 17.7 Å². The van der Waals surface area contributed by atoms with E-state index in [4.69, 9.17) is 4.74 Å². The summed E-state index contributed by atoms with van der Waals surface area (Å²) in [4.78, 5) is 53.1. The third-order valence-electron chi connectivity index (χ3n) is 5.78. The van der Waals surface area contributed by atoms with E-state index in [1.807, 2.05) is 0 Å². The number of urea groups is 1. The first kappa shape index (κ1) is 21.2. The predicted molar refractivity (Wildman–Crippen MR) is 121 cm³/mol. The molecule has 0 bridgehead atoms. The lowest BCUT2D eigenvalue weighted by Gasteiger charge is -2.29. The standard InChI is InChI=1S/C25H20N4O5/c30-21(15-28-19-13-7-8-14-20(19)34-16-22(28)31)27-29-23(32)25(26-24(29)33,17-9-3-1-4-10-17)18-11-5-2-6-12-18/h1-14H,15-16H2,(H,26,33)(H,27,30). The molecule has 170 valence electrons. The van der Waals surface area contributed by atoms with E-state index in [1.54, 1.807) is 84.9 Å². The Morgan fingerprint density at radius 3 is 2.12 bits per heavy atom. The normalized spacial score (nSPS) is 16.5. The number of carbonyl (C=O) groups excluding carboxylic acids is 4. The van der Waals surface area contributed by atoms with Crippen LogP contribution in [0.4, 0.5) is 10.5 Å². The van der Waals surface area contributed by atoms with Gasteiger partial charge in [-0.2, -0.15) is 5.01 Å². The maximum atomic E-state index is 13.7.